The van der Waals surface area contributed by atoms with Gasteiger partial charge in [-0.1, -0.05) is 0 Å². The minimum Gasteiger partial charge on any atom is -0.493 e. The molecule has 3 rings (SSSR count). The molecule has 1 aromatic rings. The molecule has 6 heteroatoms. The van der Waals surface area contributed by atoms with Crippen molar-refractivity contribution in [3.05, 3.63) is 29.6 Å². The molecule has 0 aromatic heterocycles. The molecule has 1 aliphatic heterocycles. The first-order valence-corrected chi connectivity index (χ1v) is 9.50. The molecular formula is C21H27FN2O3. The number of ether oxygens (including phenoxy) is 2. The standard InChI is InChI=1S/C21H27FN2O3/c1-20(2,3)27-19(25)24-8-6-21(7-9-24)11-15(12-21)14-26-17-5-4-16(13-23)18(22)10-17/h4-5,10,15H,6-9,11-12,14H2,1-3H3. The highest BCUT2D eigenvalue weighted by molar-refractivity contribution is 5.68. The van der Waals surface area contributed by atoms with Gasteiger partial charge in [-0.05, 0) is 69.9 Å². The summed E-state index contributed by atoms with van der Waals surface area (Å²) in [5, 5.41) is 8.76. The molecule has 146 valence electrons. The van der Waals surface area contributed by atoms with Gasteiger partial charge in [-0.3, -0.25) is 0 Å². The largest absolute Gasteiger partial charge is 0.493 e. The second-order valence-corrected chi connectivity index (χ2v) is 8.81. The molecule has 5 nitrogen and oxygen atoms in total. The Morgan fingerprint density at radius 3 is 2.56 bits per heavy atom. The van der Waals surface area contributed by atoms with E-state index in [2.05, 4.69) is 0 Å². The Morgan fingerprint density at radius 2 is 2.00 bits per heavy atom. The topological polar surface area (TPSA) is 62.6 Å². The number of likely N-dealkylation sites (tertiary alicyclic amines) is 1. The lowest BCUT2D eigenvalue weighted by atomic mass is 9.58. The third-order valence-corrected chi connectivity index (χ3v) is 5.47. The fourth-order valence-electron chi connectivity index (χ4n) is 4.07. The number of carbonyl (C=O) groups is 1. The van der Waals surface area contributed by atoms with Gasteiger partial charge in [0.05, 0.1) is 12.2 Å². The van der Waals surface area contributed by atoms with Gasteiger partial charge in [-0.15, -0.1) is 0 Å². The van der Waals surface area contributed by atoms with Gasteiger partial charge < -0.3 is 14.4 Å². The average molecular weight is 374 g/mol. The maximum atomic E-state index is 13.6. The second-order valence-electron chi connectivity index (χ2n) is 8.81. The van der Waals surface area contributed by atoms with E-state index in [1.54, 1.807) is 17.0 Å². The Balaban J connectivity index is 1.42. The number of amides is 1. The Kier molecular flexibility index (Phi) is 5.32. The van der Waals surface area contributed by atoms with Gasteiger partial charge in [0.15, 0.2) is 0 Å². The molecule has 1 heterocycles. The normalized spacial score (nSPS) is 19.3. The number of nitriles is 1. The van der Waals surface area contributed by atoms with Crippen LogP contribution in [-0.4, -0.2) is 36.3 Å². The number of hydrogen-bond acceptors (Lipinski definition) is 4. The van der Waals surface area contributed by atoms with Crippen LogP contribution in [-0.2, 0) is 4.74 Å². The van der Waals surface area contributed by atoms with Crippen LogP contribution in [0.4, 0.5) is 9.18 Å². The molecule has 1 spiro atoms. The third-order valence-electron chi connectivity index (χ3n) is 5.47. The smallest absolute Gasteiger partial charge is 0.410 e. The van der Waals surface area contributed by atoms with Crippen molar-refractivity contribution in [1.29, 1.82) is 5.26 Å². The van der Waals surface area contributed by atoms with E-state index in [1.165, 1.54) is 12.1 Å². The zero-order valence-corrected chi connectivity index (χ0v) is 16.3. The van der Waals surface area contributed by atoms with Gasteiger partial charge in [-0.25, -0.2) is 9.18 Å². The van der Waals surface area contributed by atoms with E-state index in [0.29, 0.717) is 23.7 Å². The van der Waals surface area contributed by atoms with E-state index in [4.69, 9.17) is 14.7 Å². The zero-order chi connectivity index (χ0) is 19.7. The summed E-state index contributed by atoms with van der Waals surface area (Å²) in [6, 6.07) is 6.15. The minimum atomic E-state index is -0.547. The molecule has 1 saturated heterocycles. The van der Waals surface area contributed by atoms with Crippen molar-refractivity contribution in [1.82, 2.24) is 4.90 Å². The summed E-state index contributed by atoms with van der Waals surface area (Å²) in [7, 11) is 0. The number of carbonyl (C=O) groups excluding carboxylic acids is 1. The molecule has 1 amide bonds. The van der Waals surface area contributed by atoms with Crippen LogP contribution in [0, 0.1) is 28.5 Å². The summed E-state index contributed by atoms with van der Waals surface area (Å²) < 4.78 is 24.8. The van der Waals surface area contributed by atoms with Crippen molar-refractivity contribution in [3.63, 3.8) is 0 Å². The first-order valence-electron chi connectivity index (χ1n) is 9.50. The van der Waals surface area contributed by atoms with E-state index in [9.17, 15) is 9.18 Å². The molecule has 0 radical (unpaired) electrons. The van der Waals surface area contributed by atoms with Crippen molar-refractivity contribution < 1.29 is 18.7 Å². The highest BCUT2D eigenvalue weighted by atomic mass is 19.1. The van der Waals surface area contributed by atoms with E-state index in [-0.39, 0.29) is 11.7 Å². The molecule has 0 N–H and O–H groups in total. The predicted molar refractivity (Wildman–Crippen MR) is 98.8 cm³/mol. The van der Waals surface area contributed by atoms with E-state index < -0.39 is 11.4 Å². The van der Waals surface area contributed by atoms with Crippen LogP contribution >= 0.6 is 0 Å². The van der Waals surface area contributed by atoms with Gasteiger partial charge in [0.1, 0.15) is 23.2 Å². The lowest BCUT2D eigenvalue weighted by Gasteiger charge is -2.52. The van der Waals surface area contributed by atoms with E-state index in [1.807, 2.05) is 20.8 Å². The van der Waals surface area contributed by atoms with Gasteiger partial charge in [0.25, 0.3) is 0 Å². The van der Waals surface area contributed by atoms with Gasteiger partial charge in [-0.2, -0.15) is 5.26 Å². The molecule has 0 unspecified atom stereocenters. The average Bonchev–Trinajstić information content (AvgIpc) is 2.57. The zero-order valence-electron chi connectivity index (χ0n) is 16.3. The van der Waals surface area contributed by atoms with Gasteiger partial charge >= 0.3 is 6.09 Å². The van der Waals surface area contributed by atoms with Crippen LogP contribution < -0.4 is 4.74 Å². The van der Waals surface area contributed by atoms with Gasteiger partial charge in [0.2, 0.25) is 0 Å². The first-order chi connectivity index (χ1) is 12.7. The minimum absolute atomic E-state index is 0.0293. The maximum absolute atomic E-state index is 13.6. The number of benzene rings is 1. The molecule has 1 aliphatic carbocycles. The lowest BCUT2D eigenvalue weighted by molar-refractivity contribution is -0.0380. The Labute approximate surface area is 160 Å². The fourth-order valence-corrected chi connectivity index (χ4v) is 4.07. The Morgan fingerprint density at radius 1 is 1.33 bits per heavy atom. The summed E-state index contributed by atoms with van der Waals surface area (Å²) in [6.45, 7) is 7.68. The van der Waals surface area contributed by atoms with E-state index >= 15 is 0 Å². The number of piperidine rings is 1. The summed E-state index contributed by atoms with van der Waals surface area (Å²) in [6.07, 6.45) is 3.92. The highest BCUT2D eigenvalue weighted by Gasteiger charge is 2.46. The van der Waals surface area contributed by atoms with Crippen molar-refractivity contribution in [2.75, 3.05) is 19.7 Å². The fraction of sp³-hybridized carbons (Fsp3) is 0.619. The maximum Gasteiger partial charge on any atom is 0.410 e. The molecule has 2 fully saturated rings. The quantitative estimate of drug-likeness (QED) is 0.781. The number of hydrogen-bond donors (Lipinski definition) is 0. The number of halogens is 1. The number of rotatable bonds is 3. The van der Waals surface area contributed by atoms with Crippen LogP contribution in [0.1, 0.15) is 52.0 Å². The first kappa shape index (κ1) is 19.5. The van der Waals surface area contributed by atoms with Crippen molar-refractivity contribution in [2.24, 2.45) is 11.3 Å². The van der Waals surface area contributed by atoms with Crippen LogP contribution in [0.15, 0.2) is 18.2 Å². The SMILES string of the molecule is CC(C)(C)OC(=O)N1CCC2(CC1)CC(COc1ccc(C#N)c(F)c1)C2. The Bertz CT molecular complexity index is 735. The van der Waals surface area contributed by atoms with Crippen LogP contribution in [0.3, 0.4) is 0 Å². The summed E-state index contributed by atoms with van der Waals surface area (Å²) >= 11 is 0. The molecule has 0 bridgehead atoms. The second kappa shape index (κ2) is 7.38. The van der Waals surface area contributed by atoms with Crippen molar-refractivity contribution in [3.8, 4) is 11.8 Å². The summed E-state index contributed by atoms with van der Waals surface area (Å²) in [4.78, 5) is 14.0. The molecule has 1 saturated carbocycles. The van der Waals surface area contributed by atoms with Crippen LogP contribution in [0.5, 0.6) is 5.75 Å². The van der Waals surface area contributed by atoms with Crippen LogP contribution in [0.2, 0.25) is 0 Å². The van der Waals surface area contributed by atoms with E-state index in [0.717, 1.165) is 38.8 Å². The predicted octanol–water partition coefficient (Wildman–Crippen LogP) is 4.50. The number of nitrogens with zero attached hydrogens (tertiary/aromatic N) is 2. The summed E-state index contributed by atoms with van der Waals surface area (Å²) in [5.41, 5.74) is -0.125. The van der Waals surface area contributed by atoms with Gasteiger partial charge in [0, 0.05) is 19.2 Å². The van der Waals surface area contributed by atoms with Crippen molar-refractivity contribution in [2.45, 2.75) is 52.1 Å². The monoisotopic (exact) mass is 374 g/mol. The molecule has 2 aliphatic rings. The van der Waals surface area contributed by atoms with Crippen LogP contribution in [0.25, 0.3) is 0 Å². The van der Waals surface area contributed by atoms with Crippen molar-refractivity contribution >= 4 is 6.09 Å². The molecular weight excluding hydrogens is 347 g/mol. The highest BCUT2D eigenvalue weighted by Crippen LogP contribution is 2.52. The Hall–Kier alpha value is -2.29. The molecule has 27 heavy (non-hydrogen) atoms. The lowest BCUT2D eigenvalue weighted by Crippen LogP contribution is -2.50. The molecule has 0 atom stereocenters. The third kappa shape index (κ3) is 4.71. The molecule has 1 aromatic carbocycles. The summed E-state index contributed by atoms with van der Waals surface area (Å²) in [5.74, 6) is 0.374.